The first-order valence-corrected chi connectivity index (χ1v) is 18.8. The molecule has 0 unspecified atom stereocenters. The molecule has 0 aliphatic carbocycles. The van der Waals surface area contributed by atoms with Gasteiger partial charge in [0, 0.05) is 55.7 Å². The summed E-state index contributed by atoms with van der Waals surface area (Å²) in [6, 6.07) is 73.9. The lowest BCUT2D eigenvalue weighted by Gasteiger charge is -2.26. The Morgan fingerprint density at radius 2 is 0.927 bits per heavy atom. The summed E-state index contributed by atoms with van der Waals surface area (Å²) in [5.41, 5.74) is 13.2. The van der Waals surface area contributed by atoms with Gasteiger partial charge >= 0.3 is 0 Å². The molecule has 0 radical (unpaired) electrons. The molecule has 0 spiro atoms. The van der Waals surface area contributed by atoms with Crippen LogP contribution in [-0.2, 0) is 0 Å². The highest BCUT2D eigenvalue weighted by Gasteiger charge is 2.20. The van der Waals surface area contributed by atoms with Crippen molar-refractivity contribution in [3.8, 4) is 27.9 Å². The van der Waals surface area contributed by atoms with E-state index in [-0.39, 0.29) is 0 Å². The van der Waals surface area contributed by atoms with E-state index in [1.165, 1.54) is 43.7 Å². The number of aromatic nitrogens is 1. The zero-order valence-electron chi connectivity index (χ0n) is 29.9. The molecule has 258 valence electrons. The SMILES string of the molecule is c1ccc(-c2cccc(N(c3cccc(-c4cc5c6ccccc6n(-c6ccccc6)c5c5ccccc45)c3)c3ccc4c(c3)oc3ccccc34)c2)cc1. The van der Waals surface area contributed by atoms with Gasteiger partial charge < -0.3 is 13.9 Å². The van der Waals surface area contributed by atoms with Gasteiger partial charge in [0.15, 0.2) is 0 Å². The summed E-state index contributed by atoms with van der Waals surface area (Å²) in [5, 5.41) is 7.15. The number of furan rings is 1. The van der Waals surface area contributed by atoms with Crippen LogP contribution in [0.25, 0.3) is 82.5 Å². The van der Waals surface area contributed by atoms with E-state index in [1.54, 1.807) is 0 Å². The number of hydrogen-bond acceptors (Lipinski definition) is 2. The summed E-state index contributed by atoms with van der Waals surface area (Å²) in [4.78, 5) is 2.35. The van der Waals surface area contributed by atoms with Crippen LogP contribution in [0.4, 0.5) is 17.1 Å². The zero-order valence-corrected chi connectivity index (χ0v) is 29.9. The molecule has 0 bridgehead atoms. The van der Waals surface area contributed by atoms with Crippen LogP contribution < -0.4 is 4.90 Å². The fraction of sp³-hybridized carbons (Fsp3) is 0. The smallest absolute Gasteiger partial charge is 0.137 e. The molecule has 0 aliphatic heterocycles. The van der Waals surface area contributed by atoms with Gasteiger partial charge in [-0.25, -0.2) is 0 Å². The average Bonchev–Trinajstić information content (AvgIpc) is 3.80. The molecule has 3 nitrogen and oxygen atoms in total. The molecule has 0 saturated heterocycles. The first-order valence-electron chi connectivity index (χ1n) is 18.8. The average molecular weight is 703 g/mol. The summed E-state index contributed by atoms with van der Waals surface area (Å²) >= 11 is 0. The minimum Gasteiger partial charge on any atom is -0.456 e. The van der Waals surface area contributed by atoms with Crippen LogP contribution in [0.1, 0.15) is 0 Å². The minimum absolute atomic E-state index is 0.866. The highest BCUT2D eigenvalue weighted by Crippen LogP contribution is 2.44. The topological polar surface area (TPSA) is 21.3 Å². The van der Waals surface area contributed by atoms with Gasteiger partial charge in [-0.15, -0.1) is 0 Å². The van der Waals surface area contributed by atoms with E-state index in [2.05, 4.69) is 204 Å². The van der Waals surface area contributed by atoms with Gasteiger partial charge in [0.25, 0.3) is 0 Å². The lowest BCUT2D eigenvalue weighted by atomic mass is 9.94. The molecule has 0 saturated carbocycles. The molecule has 11 aromatic rings. The lowest BCUT2D eigenvalue weighted by Crippen LogP contribution is -2.10. The molecule has 11 rings (SSSR count). The maximum atomic E-state index is 6.43. The fourth-order valence-electron chi connectivity index (χ4n) is 8.48. The van der Waals surface area contributed by atoms with Crippen molar-refractivity contribution in [3.05, 3.63) is 206 Å². The number of rotatable bonds is 6. The maximum Gasteiger partial charge on any atom is 0.137 e. The highest BCUT2D eigenvalue weighted by molar-refractivity contribution is 6.22. The predicted octanol–water partition coefficient (Wildman–Crippen LogP) is 14.6. The molecule has 55 heavy (non-hydrogen) atoms. The minimum atomic E-state index is 0.866. The maximum absolute atomic E-state index is 6.43. The zero-order chi connectivity index (χ0) is 36.3. The largest absolute Gasteiger partial charge is 0.456 e. The molecule has 0 N–H and O–H groups in total. The lowest BCUT2D eigenvalue weighted by molar-refractivity contribution is 0.669. The van der Waals surface area contributed by atoms with Crippen molar-refractivity contribution in [3.63, 3.8) is 0 Å². The van der Waals surface area contributed by atoms with E-state index in [0.29, 0.717) is 0 Å². The molecule has 0 amide bonds. The standard InChI is InChI=1S/C52H34N2O/c1-3-15-35(16-4-1)36-17-13-21-39(31-36)53(41-29-30-45-44-25-10-12-28-50(44)55-51(45)33-41)40-22-14-18-37(32-40)47-34-48-43-24-9-11-27-49(43)54(38-19-5-2-6-20-38)52(48)46-26-8-7-23-42(46)47/h1-34H. The van der Waals surface area contributed by atoms with Crippen molar-refractivity contribution in [1.29, 1.82) is 0 Å². The van der Waals surface area contributed by atoms with Crippen LogP contribution in [-0.4, -0.2) is 4.57 Å². The van der Waals surface area contributed by atoms with Crippen molar-refractivity contribution in [2.45, 2.75) is 0 Å². The van der Waals surface area contributed by atoms with Crippen LogP contribution in [0.5, 0.6) is 0 Å². The van der Waals surface area contributed by atoms with E-state index in [1.807, 2.05) is 12.1 Å². The Labute approximate surface area is 318 Å². The van der Waals surface area contributed by atoms with Crippen LogP contribution >= 0.6 is 0 Å². The van der Waals surface area contributed by atoms with Gasteiger partial charge in [-0.3, -0.25) is 0 Å². The summed E-state index contributed by atoms with van der Waals surface area (Å²) in [5.74, 6) is 0. The molecular weight excluding hydrogens is 669 g/mol. The summed E-state index contributed by atoms with van der Waals surface area (Å²) in [6.45, 7) is 0. The fourth-order valence-corrected chi connectivity index (χ4v) is 8.48. The van der Waals surface area contributed by atoms with E-state index in [0.717, 1.165) is 55.8 Å². The Morgan fingerprint density at radius 1 is 0.345 bits per heavy atom. The monoisotopic (exact) mass is 702 g/mol. The second-order valence-electron chi connectivity index (χ2n) is 14.1. The summed E-state index contributed by atoms with van der Waals surface area (Å²) < 4.78 is 8.85. The van der Waals surface area contributed by atoms with Crippen molar-refractivity contribution in [1.82, 2.24) is 4.57 Å². The third-order valence-corrected chi connectivity index (χ3v) is 10.9. The third-order valence-electron chi connectivity index (χ3n) is 10.9. The highest BCUT2D eigenvalue weighted by atomic mass is 16.3. The van der Waals surface area contributed by atoms with Gasteiger partial charge in [0.05, 0.1) is 11.0 Å². The number of anilines is 3. The van der Waals surface area contributed by atoms with Crippen LogP contribution in [0.3, 0.4) is 0 Å². The Hall–Kier alpha value is -7.36. The Kier molecular flexibility index (Phi) is 7.17. The molecule has 0 atom stereocenters. The first-order chi connectivity index (χ1) is 27.3. The number of hydrogen-bond donors (Lipinski definition) is 0. The van der Waals surface area contributed by atoms with Gasteiger partial charge in [-0.1, -0.05) is 133 Å². The molecule has 0 fully saturated rings. The first kappa shape index (κ1) is 31.2. The number of para-hydroxylation sites is 3. The Morgan fingerprint density at radius 3 is 1.73 bits per heavy atom. The molecule has 2 heterocycles. The number of nitrogens with zero attached hydrogens (tertiary/aromatic N) is 2. The molecular formula is C52H34N2O. The molecule has 3 heteroatoms. The van der Waals surface area contributed by atoms with E-state index in [9.17, 15) is 0 Å². The second-order valence-corrected chi connectivity index (χ2v) is 14.1. The van der Waals surface area contributed by atoms with Crippen molar-refractivity contribution < 1.29 is 4.42 Å². The van der Waals surface area contributed by atoms with Crippen molar-refractivity contribution >= 4 is 71.6 Å². The van der Waals surface area contributed by atoms with E-state index in [4.69, 9.17) is 4.42 Å². The third kappa shape index (κ3) is 5.13. The Bertz CT molecular complexity index is 3210. The van der Waals surface area contributed by atoms with E-state index < -0.39 is 0 Å². The molecule has 2 aromatic heterocycles. The normalized spacial score (nSPS) is 11.6. The van der Waals surface area contributed by atoms with Gasteiger partial charge in [0.2, 0.25) is 0 Å². The van der Waals surface area contributed by atoms with Crippen LogP contribution in [0, 0.1) is 0 Å². The van der Waals surface area contributed by atoms with Crippen LogP contribution in [0.2, 0.25) is 0 Å². The van der Waals surface area contributed by atoms with Crippen molar-refractivity contribution in [2.24, 2.45) is 0 Å². The quantitative estimate of drug-likeness (QED) is 0.172. The van der Waals surface area contributed by atoms with Crippen molar-refractivity contribution in [2.75, 3.05) is 4.90 Å². The predicted molar refractivity (Wildman–Crippen MR) is 231 cm³/mol. The second kappa shape index (κ2) is 12.6. The number of benzene rings is 9. The van der Waals surface area contributed by atoms with Gasteiger partial charge in [0.1, 0.15) is 11.2 Å². The van der Waals surface area contributed by atoms with Gasteiger partial charge in [-0.05, 0) is 94.4 Å². The van der Waals surface area contributed by atoms with Crippen LogP contribution in [0.15, 0.2) is 211 Å². The summed E-state index contributed by atoms with van der Waals surface area (Å²) in [6.07, 6.45) is 0. The number of fused-ring (bicyclic) bond motifs is 8. The molecule has 0 aliphatic rings. The summed E-state index contributed by atoms with van der Waals surface area (Å²) in [7, 11) is 0. The Balaban J connectivity index is 1.14. The van der Waals surface area contributed by atoms with Gasteiger partial charge in [-0.2, -0.15) is 0 Å². The molecule has 9 aromatic carbocycles. The van der Waals surface area contributed by atoms with E-state index >= 15 is 0 Å².